The first-order valence-corrected chi connectivity index (χ1v) is 8.36. The van der Waals surface area contributed by atoms with Gasteiger partial charge in [-0.1, -0.05) is 18.3 Å². The minimum Gasteiger partial charge on any atom is -0.316 e. The molecule has 0 bridgehead atoms. The molecule has 2 aromatic heterocycles. The lowest BCUT2D eigenvalue weighted by Gasteiger charge is -2.15. The molecule has 0 radical (unpaired) electrons. The van der Waals surface area contributed by atoms with Crippen LogP contribution < -0.4 is 10.9 Å². The van der Waals surface area contributed by atoms with E-state index >= 15 is 0 Å². The van der Waals surface area contributed by atoms with Crippen molar-refractivity contribution in [3.63, 3.8) is 0 Å². The molecule has 2 atom stereocenters. The quantitative estimate of drug-likeness (QED) is 0.887. The third-order valence-electron chi connectivity index (χ3n) is 4.49. The summed E-state index contributed by atoms with van der Waals surface area (Å²) in [6.07, 6.45) is 0.839. The van der Waals surface area contributed by atoms with Crippen LogP contribution in [0.5, 0.6) is 0 Å². The van der Waals surface area contributed by atoms with Crippen LogP contribution >= 0.6 is 11.3 Å². The van der Waals surface area contributed by atoms with Gasteiger partial charge >= 0.3 is 0 Å². The third-order valence-corrected chi connectivity index (χ3v) is 5.55. The van der Waals surface area contributed by atoms with Crippen molar-refractivity contribution in [1.29, 1.82) is 0 Å². The molecular weight excluding hydrogens is 286 g/mol. The summed E-state index contributed by atoms with van der Waals surface area (Å²) >= 11 is 1.51. The Balaban J connectivity index is 1.58. The van der Waals surface area contributed by atoms with Gasteiger partial charge in [0.1, 0.15) is 5.01 Å². The Morgan fingerprint density at radius 2 is 2.14 bits per heavy atom. The molecule has 0 amide bonds. The van der Waals surface area contributed by atoms with E-state index in [2.05, 4.69) is 20.3 Å². The van der Waals surface area contributed by atoms with Gasteiger partial charge in [-0.05, 0) is 31.3 Å². The number of rotatable bonds is 3. The maximum Gasteiger partial charge on any atom is 0.275 e. The SMILES string of the molecule is CCc1nn2c(=O)cc(CN3C[C@H]4CNC[C@H]4C3)nc2s1. The van der Waals surface area contributed by atoms with E-state index in [1.165, 1.54) is 15.9 Å². The van der Waals surface area contributed by atoms with E-state index in [4.69, 9.17) is 0 Å². The monoisotopic (exact) mass is 305 g/mol. The Morgan fingerprint density at radius 3 is 2.86 bits per heavy atom. The van der Waals surface area contributed by atoms with Crippen LogP contribution in [0.2, 0.25) is 0 Å². The van der Waals surface area contributed by atoms with Crippen LogP contribution in [-0.2, 0) is 13.0 Å². The second kappa shape index (κ2) is 5.15. The van der Waals surface area contributed by atoms with E-state index in [1.54, 1.807) is 6.07 Å². The molecule has 1 N–H and O–H groups in total. The summed E-state index contributed by atoms with van der Waals surface area (Å²) in [6.45, 7) is 7.30. The number of fused-ring (bicyclic) bond motifs is 2. The maximum atomic E-state index is 12.1. The van der Waals surface area contributed by atoms with Gasteiger partial charge in [-0.2, -0.15) is 9.61 Å². The Morgan fingerprint density at radius 1 is 1.38 bits per heavy atom. The van der Waals surface area contributed by atoms with Gasteiger partial charge in [-0.3, -0.25) is 9.69 Å². The molecule has 4 heterocycles. The number of likely N-dealkylation sites (tertiary alicyclic amines) is 1. The lowest BCUT2D eigenvalue weighted by Crippen LogP contribution is -2.27. The first-order valence-electron chi connectivity index (χ1n) is 7.54. The summed E-state index contributed by atoms with van der Waals surface area (Å²) in [6, 6.07) is 1.64. The highest BCUT2D eigenvalue weighted by molar-refractivity contribution is 7.16. The van der Waals surface area contributed by atoms with E-state index in [-0.39, 0.29) is 5.56 Å². The van der Waals surface area contributed by atoms with Crippen LogP contribution in [0.1, 0.15) is 17.6 Å². The molecule has 2 aliphatic rings. The molecule has 7 heteroatoms. The fourth-order valence-electron chi connectivity index (χ4n) is 3.43. The molecule has 6 nitrogen and oxygen atoms in total. The molecule has 2 saturated heterocycles. The molecule has 4 rings (SSSR count). The van der Waals surface area contributed by atoms with Gasteiger partial charge < -0.3 is 5.32 Å². The van der Waals surface area contributed by atoms with Gasteiger partial charge in [0.25, 0.3) is 5.56 Å². The fraction of sp³-hybridized carbons (Fsp3) is 0.643. The Kier molecular flexibility index (Phi) is 3.28. The minimum absolute atomic E-state index is 0.0630. The lowest BCUT2D eigenvalue weighted by atomic mass is 10.0. The fourth-order valence-corrected chi connectivity index (χ4v) is 4.29. The number of nitrogens with one attached hydrogen (secondary N) is 1. The smallest absolute Gasteiger partial charge is 0.275 e. The highest BCUT2D eigenvalue weighted by Gasteiger charge is 2.35. The van der Waals surface area contributed by atoms with Crippen molar-refractivity contribution in [3.8, 4) is 0 Å². The summed E-state index contributed by atoms with van der Waals surface area (Å²) in [5.41, 5.74) is 0.811. The van der Waals surface area contributed by atoms with E-state index in [0.717, 1.165) is 66.6 Å². The van der Waals surface area contributed by atoms with Crippen LogP contribution in [0.3, 0.4) is 0 Å². The van der Waals surface area contributed by atoms with Gasteiger partial charge in [0.05, 0.1) is 5.69 Å². The zero-order chi connectivity index (χ0) is 14.4. The second-order valence-electron chi connectivity index (χ2n) is 6.00. The van der Waals surface area contributed by atoms with Crippen molar-refractivity contribution in [3.05, 3.63) is 27.1 Å². The van der Waals surface area contributed by atoms with Gasteiger partial charge in [0, 0.05) is 25.7 Å². The molecule has 0 aromatic carbocycles. The summed E-state index contributed by atoms with van der Waals surface area (Å²) in [4.78, 5) is 19.9. The van der Waals surface area contributed by atoms with E-state index in [1.807, 2.05) is 6.92 Å². The van der Waals surface area contributed by atoms with Crippen molar-refractivity contribution in [2.45, 2.75) is 19.9 Å². The standard InChI is InChI=1S/C14H19N5OS/c1-2-12-17-19-13(20)3-11(16-14(19)21-12)8-18-6-9-4-15-5-10(9)7-18/h3,9-10,15H,2,4-8H2,1H3/t9-,10+. The van der Waals surface area contributed by atoms with Crippen LogP contribution in [0, 0.1) is 11.8 Å². The lowest BCUT2D eigenvalue weighted by molar-refractivity contribution is 0.302. The van der Waals surface area contributed by atoms with Crippen LogP contribution in [0.4, 0.5) is 0 Å². The minimum atomic E-state index is -0.0630. The van der Waals surface area contributed by atoms with Crippen molar-refractivity contribution < 1.29 is 0 Å². The molecule has 0 saturated carbocycles. The molecule has 112 valence electrons. The van der Waals surface area contributed by atoms with Crippen molar-refractivity contribution in [1.82, 2.24) is 24.8 Å². The van der Waals surface area contributed by atoms with Crippen LogP contribution in [-0.4, -0.2) is 45.7 Å². The summed E-state index contributed by atoms with van der Waals surface area (Å²) in [5, 5.41) is 8.69. The molecule has 0 aliphatic carbocycles. The van der Waals surface area contributed by atoms with E-state index < -0.39 is 0 Å². The highest BCUT2D eigenvalue weighted by Crippen LogP contribution is 2.27. The van der Waals surface area contributed by atoms with Crippen molar-refractivity contribution in [2.24, 2.45) is 11.8 Å². The zero-order valence-electron chi connectivity index (χ0n) is 12.1. The van der Waals surface area contributed by atoms with Crippen LogP contribution in [0.15, 0.2) is 10.9 Å². The normalized spacial score (nSPS) is 25.8. The summed E-state index contributed by atoms with van der Waals surface area (Å²) in [5.74, 6) is 1.54. The summed E-state index contributed by atoms with van der Waals surface area (Å²) in [7, 11) is 0. The Bertz CT molecular complexity index is 712. The highest BCUT2D eigenvalue weighted by atomic mass is 32.1. The van der Waals surface area contributed by atoms with E-state index in [0.29, 0.717) is 0 Å². The number of aryl methyl sites for hydroxylation is 1. The predicted molar refractivity (Wildman–Crippen MR) is 81.6 cm³/mol. The number of hydrogen-bond acceptors (Lipinski definition) is 6. The number of hydrogen-bond donors (Lipinski definition) is 1. The van der Waals surface area contributed by atoms with Crippen molar-refractivity contribution >= 4 is 16.3 Å². The average Bonchev–Trinajstić information content (AvgIpc) is 3.11. The first-order chi connectivity index (χ1) is 10.2. The van der Waals surface area contributed by atoms with Crippen molar-refractivity contribution in [2.75, 3.05) is 26.2 Å². The molecule has 2 aromatic rings. The Labute approximate surface area is 126 Å². The number of aromatic nitrogens is 3. The summed E-state index contributed by atoms with van der Waals surface area (Å²) < 4.78 is 1.43. The van der Waals surface area contributed by atoms with Gasteiger partial charge in [0.2, 0.25) is 4.96 Å². The largest absolute Gasteiger partial charge is 0.316 e. The zero-order valence-corrected chi connectivity index (χ0v) is 12.9. The van der Waals surface area contributed by atoms with Gasteiger partial charge in [0.15, 0.2) is 0 Å². The molecular formula is C14H19N5OS. The maximum absolute atomic E-state index is 12.1. The molecule has 2 aliphatic heterocycles. The third kappa shape index (κ3) is 2.39. The average molecular weight is 305 g/mol. The van der Waals surface area contributed by atoms with Gasteiger partial charge in [-0.25, -0.2) is 4.98 Å². The first kappa shape index (κ1) is 13.4. The number of nitrogens with zero attached hydrogens (tertiary/aromatic N) is 4. The second-order valence-corrected chi connectivity index (χ2v) is 7.04. The van der Waals surface area contributed by atoms with E-state index in [9.17, 15) is 4.79 Å². The topological polar surface area (TPSA) is 62.5 Å². The molecule has 0 spiro atoms. The molecule has 21 heavy (non-hydrogen) atoms. The molecule has 0 unspecified atom stereocenters. The molecule has 2 fully saturated rings. The Hall–Kier alpha value is -1.31. The predicted octanol–water partition coefficient (Wildman–Crippen LogP) is 0.365. The van der Waals surface area contributed by atoms with Gasteiger partial charge in [-0.15, -0.1) is 0 Å². The van der Waals surface area contributed by atoms with Crippen LogP contribution in [0.25, 0.3) is 4.96 Å².